The number of methoxy groups -OCH3 is 1. The number of halogens is 1. The first-order valence-electron chi connectivity index (χ1n) is 6.17. The quantitative estimate of drug-likeness (QED) is 0.850. The summed E-state index contributed by atoms with van der Waals surface area (Å²) >= 11 is 0. The fourth-order valence-electron chi connectivity index (χ4n) is 1.75. The molecule has 1 heterocycles. The number of hydrogen-bond acceptors (Lipinski definition) is 4. The highest BCUT2D eigenvalue weighted by molar-refractivity contribution is 5.86. The van der Waals surface area contributed by atoms with Crippen molar-refractivity contribution in [3.63, 3.8) is 0 Å². The smallest absolute Gasteiger partial charge is 0.356 e. The van der Waals surface area contributed by atoms with Crippen molar-refractivity contribution < 1.29 is 13.9 Å². The maximum atomic E-state index is 13.0. The summed E-state index contributed by atoms with van der Waals surface area (Å²) < 4.78 is 17.6. The monoisotopic (exact) mass is 274 g/mol. The van der Waals surface area contributed by atoms with Gasteiger partial charge in [-0.25, -0.2) is 14.2 Å². The topological polar surface area (TPSA) is 51.2 Å². The van der Waals surface area contributed by atoms with Crippen molar-refractivity contribution in [2.75, 3.05) is 7.11 Å². The van der Waals surface area contributed by atoms with Crippen LogP contribution in [0.4, 0.5) is 4.39 Å². The van der Waals surface area contributed by atoms with Crippen LogP contribution in [-0.4, -0.2) is 18.1 Å². The Balaban J connectivity index is 1.86. The van der Waals surface area contributed by atoms with Crippen LogP contribution < -0.4 is 5.32 Å². The molecule has 0 radical (unpaired) electrons. The predicted octanol–water partition coefficient (Wildman–Crippen LogP) is 2.30. The van der Waals surface area contributed by atoms with E-state index in [4.69, 9.17) is 0 Å². The molecule has 104 valence electrons. The first kappa shape index (κ1) is 14.1. The lowest BCUT2D eigenvalue weighted by Crippen LogP contribution is -2.13. The molecule has 0 aliphatic rings. The number of carbonyl (C=O) groups is 1. The van der Waals surface area contributed by atoms with E-state index in [1.165, 1.54) is 19.2 Å². The maximum absolute atomic E-state index is 13.0. The highest BCUT2D eigenvalue weighted by Gasteiger charge is 2.05. The van der Waals surface area contributed by atoms with Crippen LogP contribution in [-0.2, 0) is 17.8 Å². The molecule has 1 N–H and O–H groups in total. The van der Waals surface area contributed by atoms with Crippen LogP contribution in [0.2, 0.25) is 0 Å². The number of pyridine rings is 1. The maximum Gasteiger partial charge on any atom is 0.356 e. The predicted molar refractivity (Wildman–Crippen MR) is 72.5 cm³/mol. The van der Waals surface area contributed by atoms with Gasteiger partial charge in [0.15, 0.2) is 0 Å². The van der Waals surface area contributed by atoms with Crippen LogP contribution in [0.3, 0.4) is 0 Å². The van der Waals surface area contributed by atoms with Crippen molar-refractivity contribution in [2.24, 2.45) is 0 Å². The minimum absolute atomic E-state index is 0.242. The number of rotatable bonds is 5. The van der Waals surface area contributed by atoms with Crippen LogP contribution in [0.1, 0.15) is 21.6 Å². The third-order valence-electron chi connectivity index (χ3n) is 2.77. The highest BCUT2D eigenvalue weighted by atomic mass is 19.1. The van der Waals surface area contributed by atoms with Crippen molar-refractivity contribution in [2.45, 2.75) is 13.1 Å². The zero-order valence-electron chi connectivity index (χ0n) is 11.1. The summed E-state index contributed by atoms with van der Waals surface area (Å²) in [5, 5.41) is 3.19. The molecule has 4 nitrogen and oxygen atoms in total. The Labute approximate surface area is 116 Å². The van der Waals surface area contributed by atoms with Gasteiger partial charge in [0.05, 0.1) is 7.11 Å². The lowest BCUT2D eigenvalue weighted by molar-refractivity contribution is 0.0594. The van der Waals surface area contributed by atoms with Crippen LogP contribution in [0.5, 0.6) is 0 Å². The van der Waals surface area contributed by atoms with Gasteiger partial charge in [-0.3, -0.25) is 0 Å². The summed E-state index contributed by atoms with van der Waals surface area (Å²) in [5.74, 6) is -0.697. The summed E-state index contributed by atoms with van der Waals surface area (Å²) in [6, 6.07) is 9.86. The average molecular weight is 274 g/mol. The molecule has 0 amide bonds. The van der Waals surface area contributed by atoms with Crippen LogP contribution >= 0.6 is 0 Å². The molecule has 1 aromatic carbocycles. The molecule has 0 aliphatic heterocycles. The summed E-state index contributed by atoms with van der Waals surface area (Å²) in [7, 11) is 1.32. The number of nitrogens with zero attached hydrogens (tertiary/aromatic N) is 1. The Morgan fingerprint density at radius 2 is 2.05 bits per heavy atom. The molecule has 0 saturated carbocycles. The largest absolute Gasteiger partial charge is 0.464 e. The van der Waals surface area contributed by atoms with Gasteiger partial charge in [-0.2, -0.15) is 0 Å². The van der Waals surface area contributed by atoms with Crippen LogP contribution in [0, 0.1) is 5.82 Å². The van der Waals surface area contributed by atoms with Gasteiger partial charge < -0.3 is 10.1 Å². The molecule has 2 aromatic rings. The lowest BCUT2D eigenvalue weighted by atomic mass is 10.2. The molecule has 0 aliphatic carbocycles. The Hall–Kier alpha value is -2.27. The number of benzene rings is 1. The minimum atomic E-state index is -0.454. The molecule has 0 unspecified atom stereocenters. The second kappa shape index (κ2) is 6.77. The van der Waals surface area contributed by atoms with Gasteiger partial charge in [-0.05, 0) is 29.3 Å². The third kappa shape index (κ3) is 3.86. The van der Waals surface area contributed by atoms with Gasteiger partial charge in [-0.1, -0.05) is 18.2 Å². The van der Waals surface area contributed by atoms with Crippen molar-refractivity contribution >= 4 is 5.97 Å². The second-order valence-corrected chi connectivity index (χ2v) is 4.28. The van der Waals surface area contributed by atoms with E-state index in [9.17, 15) is 9.18 Å². The Bertz CT molecular complexity index is 585. The molecule has 20 heavy (non-hydrogen) atoms. The molecular weight excluding hydrogens is 259 g/mol. The van der Waals surface area contributed by atoms with E-state index in [0.717, 1.165) is 11.1 Å². The minimum Gasteiger partial charge on any atom is -0.464 e. The summed E-state index contributed by atoms with van der Waals surface area (Å²) in [6.45, 7) is 1.15. The molecule has 2 rings (SSSR count). The van der Waals surface area contributed by atoms with E-state index in [2.05, 4.69) is 15.0 Å². The fourth-order valence-corrected chi connectivity index (χ4v) is 1.75. The van der Waals surface area contributed by atoms with Crippen molar-refractivity contribution in [1.29, 1.82) is 0 Å². The zero-order valence-corrected chi connectivity index (χ0v) is 11.1. The first-order valence-corrected chi connectivity index (χ1v) is 6.17. The van der Waals surface area contributed by atoms with Crippen LogP contribution in [0.15, 0.2) is 42.6 Å². The molecule has 0 spiro atoms. The average Bonchev–Trinajstić information content (AvgIpc) is 2.47. The molecule has 0 fully saturated rings. The van der Waals surface area contributed by atoms with Crippen LogP contribution in [0.25, 0.3) is 0 Å². The van der Waals surface area contributed by atoms with E-state index in [-0.39, 0.29) is 11.5 Å². The lowest BCUT2D eigenvalue weighted by Gasteiger charge is -2.05. The van der Waals surface area contributed by atoms with E-state index < -0.39 is 5.97 Å². The Kier molecular flexibility index (Phi) is 4.79. The number of ether oxygens (including phenoxy) is 1. The van der Waals surface area contributed by atoms with Crippen molar-refractivity contribution in [3.8, 4) is 0 Å². The van der Waals surface area contributed by atoms with Gasteiger partial charge in [0.1, 0.15) is 11.5 Å². The number of hydrogen-bond donors (Lipinski definition) is 1. The molecule has 0 atom stereocenters. The number of aromatic nitrogens is 1. The van der Waals surface area contributed by atoms with Crippen molar-refractivity contribution in [3.05, 3.63) is 65.2 Å². The highest BCUT2D eigenvalue weighted by Crippen LogP contribution is 2.05. The molecule has 0 bridgehead atoms. The first-order chi connectivity index (χ1) is 9.69. The Morgan fingerprint density at radius 3 is 2.70 bits per heavy atom. The zero-order chi connectivity index (χ0) is 14.4. The molecular formula is C15H15FN2O2. The summed E-state index contributed by atoms with van der Waals surface area (Å²) in [6.07, 6.45) is 1.62. The SMILES string of the molecule is COC(=O)c1ccc(CNCc2cccc(F)c2)cn1. The summed E-state index contributed by atoms with van der Waals surface area (Å²) in [5.41, 5.74) is 2.10. The number of nitrogens with one attached hydrogen (secondary N) is 1. The Morgan fingerprint density at radius 1 is 1.25 bits per heavy atom. The normalized spacial score (nSPS) is 10.3. The fraction of sp³-hybridized carbons (Fsp3) is 0.200. The second-order valence-electron chi connectivity index (χ2n) is 4.28. The van der Waals surface area contributed by atoms with Crippen molar-refractivity contribution in [1.82, 2.24) is 10.3 Å². The van der Waals surface area contributed by atoms with E-state index >= 15 is 0 Å². The van der Waals surface area contributed by atoms with Gasteiger partial charge in [-0.15, -0.1) is 0 Å². The standard InChI is InChI=1S/C15H15FN2O2/c1-20-15(19)14-6-5-12(10-18-14)9-17-8-11-3-2-4-13(16)7-11/h2-7,10,17H,8-9H2,1H3. The van der Waals surface area contributed by atoms with E-state index in [1.807, 2.05) is 6.07 Å². The third-order valence-corrected chi connectivity index (χ3v) is 2.77. The van der Waals surface area contributed by atoms with Gasteiger partial charge in [0.2, 0.25) is 0 Å². The summed E-state index contributed by atoms with van der Waals surface area (Å²) in [4.78, 5) is 15.2. The molecule has 0 saturated heterocycles. The van der Waals surface area contributed by atoms with Gasteiger partial charge in [0, 0.05) is 19.3 Å². The number of carbonyl (C=O) groups excluding carboxylic acids is 1. The molecule has 5 heteroatoms. The van der Waals surface area contributed by atoms with E-state index in [1.54, 1.807) is 24.4 Å². The number of esters is 1. The van der Waals surface area contributed by atoms with Gasteiger partial charge in [0.25, 0.3) is 0 Å². The van der Waals surface area contributed by atoms with Gasteiger partial charge >= 0.3 is 5.97 Å². The van der Waals surface area contributed by atoms with E-state index in [0.29, 0.717) is 13.1 Å². The molecule has 1 aromatic heterocycles.